The number of nitrogens with zero attached hydrogens (tertiary/aromatic N) is 3. The van der Waals surface area contributed by atoms with E-state index in [1.807, 2.05) is 0 Å². The summed E-state index contributed by atoms with van der Waals surface area (Å²) in [5.41, 5.74) is 0.675. The minimum absolute atomic E-state index is 0.0484. The molecule has 0 spiro atoms. The molecule has 1 unspecified atom stereocenters. The van der Waals surface area contributed by atoms with Crippen LogP contribution in [0.25, 0.3) is 0 Å². The van der Waals surface area contributed by atoms with Crippen LogP contribution in [0.3, 0.4) is 0 Å². The maximum absolute atomic E-state index is 13.2. The predicted molar refractivity (Wildman–Crippen MR) is 123 cm³/mol. The van der Waals surface area contributed by atoms with Crippen molar-refractivity contribution in [1.82, 2.24) is 14.7 Å². The predicted octanol–water partition coefficient (Wildman–Crippen LogP) is 3.33. The van der Waals surface area contributed by atoms with E-state index in [1.165, 1.54) is 15.6 Å². The van der Waals surface area contributed by atoms with Crippen molar-refractivity contribution in [3.8, 4) is 0 Å². The van der Waals surface area contributed by atoms with Crippen molar-refractivity contribution >= 4 is 39.1 Å². The summed E-state index contributed by atoms with van der Waals surface area (Å²) in [7, 11) is -0.119. The molecule has 1 aromatic heterocycles. The maximum atomic E-state index is 13.2. The Balaban J connectivity index is 1.81. The number of likely N-dealkylation sites (N-methyl/N-ethyl adjacent to an activating group) is 1. The molecule has 0 radical (unpaired) electrons. The van der Waals surface area contributed by atoms with E-state index in [-0.39, 0.29) is 28.3 Å². The Morgan fingerprint density at radius 1 is 1.25 bits per heavy atom. The minimum atomic E-state index is -3.46. The molecule has 174 valence electrons. The van der Waals surface area contributed by atoms with Crippen LogP contribution in [0.15, 0.2) is 35.4 Å². The number of hydrogen-bond donors (Lipinski definition) is 1. The largest absolute Gasteiger partial charge is 0.347 e. The van der Waals surface area contributed by atoms with E-state index in [0.29, 0.717) is 23.7 Å². The first-order valence-electron chi connectivity index (χ1n) is 10.6. The van der Waals surface area contributed by atoms with Crippen molar-refractivity contribution in [3.63, 3.8) is 0 Å². The van der Waals surface area contributed by atoms with Crippen LogP contribution in [0.4, 0.5) is 5.82 Å². The zero-order chi connectivity index (χ0) is 23.5. The van der Waals surface area contributed by atoms with Gasteiger partial charge in [0.2, 0.25) is 11.8 Å². The van der Waals surface area contributed by atoms with Gasteiger partial charge in [0, 0.05) is 32.6 Å². The maximum Gasteiger partial charge on any atom is 0.243 e. The Hall–Kier alpha value is -2.39. The van der Waals surface area contributed by atoms with Gasteiger partial charge in [0.1, 0.15) is 6.54 Å². The van der Waals surface area contributed by atoms with Gasteiger partial charge in [-0.15, -0.1) is 0 Å². The van der Waals surface area contributed by atoms with Crippen molar-refractivity contribution in [2.24, 2.45) is 5.92 Å². The molecule has 0 aliphatic heterocycles. The Morgan fingerprint density at radius 3 is 2.53 bits per heavy atom. The van der Waals surface area contributed by atoms with Crippen LogP contribution in [0, 0.1) is 5.92 Å². The summed E-state index contributed by atoms with van der Waals surface area (Å²) < 4.78 is 25.3. The van der Waals surface area contributed by atoms with Gasteiger partial charge < -0.3 is 10.2 Å². The molecule has 1 saturated carbocycles. The third-order valence-electron chi connectivity index (χ3n) is 5.81. The van der Waals surface area contributed by atoms with Gasteiger partial charge in [-0.1, -0.05) is 43.4 Å². The molecule has 32 heavy (non-hydrogen) atoms. The van der Waals surface area contributed by atoms with Gasteiger partial charge in [-0.3, -0.25) is 14.3 Å². The van der Waals surface area contributed by atoms with Crippen molar-refractivity contribution in [1.29, 1.82) is 0 Å². The second kappa shape index (κ2) is 10.0. The highest BCUT2D eigenvalue weighted by molar-refractivity contribution is 7.90. The number of sulfone groups is 1. The molecule has 8 nitrogen and oxygen atoms in total. The number of hydrogen-bond acceptors (Lipinski definition) is 5. The van der Waals surface area contributed by atoms with Crippen LogP contribution < -0.4 is 5.32 Å². The summed E-state index contributed by atoms with van der Waals surface area (Å²) in [5.74, 6) is -0.0427. The quantitative estimate of drug-likeness (QED) is 0.624. The number of rotatable bonds is 8. The normalized spacial score (nSPS) is 15.5. The second-order valence-corrected chi connectivity index (χ2v) is 11.0. The summed E-state index contributed by atoms with van der Waals surface area (Å²) in [6.45, 7) is 0.0803. The topological polar surface area (TPSA) is 101 Å². The van der Waals surface area contributed by atoms with E-state index in [1.54, 1.807) is 38.5 Å². The highest BCUT2D eigenvalue weighted by Gasteiger charge is 2.28. The fraction of sp³-hybridized carbons (Fsp3) is 0.500. The van der Waals surface area contributed by atoms with Crippen molar-refractivity contribution in [2.75, 3.05) is 25.7 Å². The van der Waals surface area contributed by atoms with Gasteiger partial charge in [0.15, 0.2) is 15.7 Å². The van der Waals surface area contributed by atoms with Crippen LogP contribution in [-0.4, -0.2) is 55.3 Å². The first-order valence-corrected chi connectivity index (χ1v) is 12.9. The van der Waals surface area contributed by atoms with Crippen LogP contribution in [0.2, 0.25) is 5.02 Å². The molecule has 1 aliphatic carbocycles. The molecule has 0 saturated heterocycles. The summed E-state index contributed by atoms with van der Waals surface area (Å²) in [5, 5.41) is 7.23. The Bertz CT molecular complexity index is 1090. The van der Waals surface area contributed by atoms with E-state index in [4.69, 9.17) is 11.6 Å². The molecule has 1 atom stereocenters. The first kappa shape index (κ1) is 24.3. The average Bonchev–Trinajstić information content (AvgIpc) is 3.36. The van der Waals surface area contributed by atoms with Gasteiger partial charge in [-0.05, 0) is 30.0 Å². The van der Waals surface area contributed by atoms with E-state index < -0.39 is 15.8 Å². The zero-order valence-corrected chi connectivity index (χ0v) is 20.1. The summed E-state index contributed by atoms with van der Waals surface area (Å²) in [6.07, 6.45) is 7.84. The van der Waals surface area contributed by atoms with E-state index in [2.05, 4.69) is 10.4 Å². The zero-order valence-electron chi connectivity index (χ0n) is 18.5. The van der Waals surface area contributed by atoms with Gasteiger partial charge in [0.05, 0.1) is 15.8 Å². The Kier molecular flexibility index (Phi) is 7.61. The van der Waals surface area contributed by atoms with Crippen LogP contribution in [-0.2, 0) is 26.0 Å². The molecule has 1 fully saturated rings. The lowest BCUT2D eigenvalue weighted by atomic mass is 9.87. The smallest absolute Gasteiger partial charge is 0.243 e. The van der Waals surface area contributed by atoms with E-state index in [0.717, 1.165) is 31.9 Å². The average molecular weight is 481 g/mol. The molecule has 2 amide bonds. The summed E-state index contributed by atoms with van der Waals surface area (Å²) in [4.78, 5) is 26.6. The van der Waals surface area contributed by atoms with E-state index in [9.17, 15) is 18.0 Å². The number of anilines is 1. The van der Waals surface area contributed by atoms with Gasteiger partial charge in [0.25, 0.3) is 0 Å². The van der Waals surface area contributed by atoms with Gasteiger partial charge >= 0.3 is 0 Å². The molecule has 0 bridgehead atoms. The van der Waals surface area contributed by atoms with Crippen LogP contribution in [0.5, 0.6) is 0 Å². The Labute approximate surface area is 193 Å². The fourth-order valence-corrected chi connectivity index (χ4v) is 5.36. The highest BCUT2D eigenvalue weighted by Crippen LogP contribution is 2.36. The number of carbonyl (C=O) groups is 2. The van der Waals surface area contributed by atoms with Gasteiger partial charge in [-0.25, -0.2) is 8.42 Å². The SMILES string of the molecule is CN(C)C(=O)Cn1ccc(NC(=O)C(CC2CCCC2)c2ccc(S(C)(=O)=O)c(Cl)c2)n1. The lowest BCUT2D eigenvalue weighted by Gasteiger charge is -2.21. The molecule has 2 aromatic rings. The van der Waals surface area contributed by atoms with Crippen molar-refractivity contribution in [2.45, 2.75) is 49.5 Å². The molecular weight excluding hydrogens is 452 g/mol. The van der Waals surface area contributed by atoms with Gasteiger partial charge in [-0.2, -0.15) is 5.10 Å². The third kappa shape index (κ3) is 6.10. The van der Waals surface area contributed by atoms with Crippen LogP contribution >= 0.6 is 11.6 Å². The number of nitrogens with one attached hydrogen (secondary N) is 1. The number of halogens is 1. The molecule has 10 heteroatoms. The molecule has 1 N–H and O–H groups in total. The number of amides is 2. The molecule has 1 heterocycles. The number of benzene rings is 1. The lowest BCUT2D eigenvalue weighted by Crippen LogP contribution is -2.27. The fourth-order valence-electron chi connectivity index (χ4n) is 4.02. The molecule has 1 aliphatic rings. The third-order valence-corrected chi connectivity index (χ3v) is 7.39. The minimum Gasteiger partial charge on any atom is -0.347 e. The molecule has 1 aromatic carbocycles. The summed E-state index contributed by atoms with van der Waals surface area (Å²) in [6, 6.07) is 6.35. The monoisotopic (exact) mass is 480 g/mol. The van der Waals surface area contributed by atoms with Crippen molar-refractivity contribution < 1.29 is 18.0 Å². The Morgan fingerprint density at radius 2 is 1.94 bits per heavy atom. The number of aromatic nitrogens is 2. The number of carbonyl (C=O) groups excluding carboxylic acids is 2. The molecule has 3 rings (SSSR count). The van der Waals surface area contributed by atoms with Crippen LogP contribution in [0.1, 0.15) is 43.6 Å². The molecular formula is C22H29ClN4O4S. The standard InChI is InChI=1S/C22H29ClN4O4S/c1-26(2)21(28)14-27-11-10-20(25-27)24-22(29)17(12-15-6-4-5-7-15)16-8-9-19(18(23)13-16)32(3,30)31/h8-11,13,15,17H,4-7,12,14H2,1-3H3,(H,24,25,29). The second-order valence-electron chi connectivity index (χ2n) is 8.58. The van der Waals surface area contributed by atoms with Crippen molar-refractivity contribution in [3.05, 3.63) is 41.0 Å². The first-order chi connectivity index (χ1) is 15.0. The summed E-state index contributed by atoms with van der Waals surface area (Å²) >= 11 is 6.25. The highest BCUT2D eigenvalue weighted by atomic mass is 35.5. The lowest BCUT2D eigenvalue weighted by molar-refractivity contribution is -0.129. The van der Waals surface area contributed by atoms with E-state index >= 15 is 0 Å².